The Balaban J connectivity index is 3.06. The van der Waals surface area contributed by atoms with Crippen LogP contribution in [-0.2, 0) is 11.0 Å². The van der Waals surface area contributed by atoms with Crippen LogP contribution < -0.4 is 5.90 Å². The molecule has 1 aromatic rings. The second kappa shape index (κ2) is 4.59. The fourth-order valence-electron chi connectivity index (χ4n) is 1.31. The van der Waals surface area contributed by atoms with E-state index in [2.05, 4.69) is 9.82 Å². The van der Waals surface area contributed by atoms with Gasteiger partial charge in [-0.15, -0.1) is 0 Å². The Hall–Kier alpha value is -1.14. The van der Waals surface area contributed by atoms with Crippen molar-refractivity contribution >= 4 is 0 Å². The predicted molar refractivity (Wildman–Crippen MR) is 47.8 cm³/mol. The van der Waals surface area contributed by atoms with E-state index >= 15 is 0 Å². The molecule has 0 saturated carbocycles. The molecule has 6 heteroatoms. The molecule has 1 rings (SSSR count). The first kappa shape index (κ1) is 11.9. The van der Waals surface area contributed by atoms with Gasteiger partial charge in [0, 0.05) is 18.3 Å². The van der Waals surface area contributed by atoms with E-state index in [0.717, 1.165) is 6.20 Å². The van der Waals surface area contributed by atoms with E-state index in [-0.39, 0.29) is 12.2 Å². The van der Waals surface area contributed by atoms with Gasteiger partial charge in [0.25, 0.3) is 0 Å². The SMILES string of the molecule is CC(CON)c1ccncc1C(F)(F)F. The Bertz CT molecular complexity index is 327. The molecule has 0 aromatic carbocycles. The summed E-state index contributed by atoms with van der Waals surface area (Å²) < 4.78 is 37.6. The molecular weight excluding hydrogens is 209 g/mol. The van der Waals surface area contributed by atoms with Gasteiger partial charge in [0.1, 0.15) is 0 Å². The van der Waals surface area contributed by atoms with Crippen LogP contribution in [0.5, 0.6) is 0 Å². The second-order valence-corrected chi connectivity index (χ2v) is 3.20. The number of rotatable bonds is 3. The van der Waals surface area contributed by atoms with Crippen LogP contribution in [0.2, 0.25) is 0 Å². The zero-order valence-corrected chi connectivity index (χ0v) is 8.08. The maximum Gasteiger partial charge on any atom is 0.418 e. The smallest absolute Gasteiger partial charge is 0.304 e. The lowest BCUT2D eigenvalue weighted by Gasteiger charge is -2.16. The normalized spacial score (nSPS) is 13.9. The minimum absolute atomic E-state index is 0.0348. The third-order valence-electron chi connectivity index (χ3n) is 2.04. The van der Waals surface area contributed by atoms with Gasteiger partial charge in [-0.2, -0.15) is 13.2 Å². The van der Waals surface area contributed by atoms with Crippen LogP contribution in [0.4, 0.5) is 13.2 Å². The monoisotopic (exact) mass is 220 g/mol. The average molecular weight is 220 g/mol. The van der Waals surface area contributed by atoms with Crippen LogP contribution in [0.15, 0.2) is 18.5 Å². The first-order valence-corrected chi connectivity index (χ1v) is 4.29. The molecule has 0 aliphatic rings. The molecule has 15 heavy (non-hydrogen) atoms. The van der Waals surface area contributed by atoms with Crippen LogP contribution in [-0.4, -0.2) is 11.6 Å². The van der Waals surface area contributed by atoms with Gasteiger partial charge in [-0.05, 0) is 11.6 Å². The fraction of sp³-hybridized carbons (Fsp3) is 0.444. The van der Waals surface area contributed by atoms with E-state index in [1.165, 1.54) is 12.3 Å². The number of hydrogen-bond acceptors (Lipinski definition) is 3. The molecule has 2 N–H and O–H groups in total. The van der Waals surface area contributed by atoms with Crippen molar-refractivity contribution in [2.45, 2.75) is 19.0 Å². The molecule has 0 bridgehead atoms. The van der Waals surface area contributed by atoms with Gasteiger partial charge in [0.15, 0.2) is 0 Å². The molecule has 0 aliphatic carbocycles. The number of nitrogens with two attached hydrogens (primary N) is 1. The Kier molecular flexibility index (Phi) is 3.65. The highest BCUT2D eigenvalue weighted by Gasteiger charge is 2.34. The van der Waals surface area contributed by atoms with E-state index < -0.39 is 17.7 Å². The molecule has 3 nitrogen and oxygen atoms in total. The van der Waals surface area contributed by atoms with Gasteiger partial charge >= 0.3 is 6.18 Å². The van der Waals surface area contributed by atoms with Crippen LogP contribution in [0.3, 0.4) is 0 Å². The second-order valence-electron chi connectivity index (χ2n) is 3.20. The molecule has 0 amide bonds. The lowest BCUT2D eigenvalue weighted by Crippen LogP contribution is -2.15. The van der Waals surface area contributed by atoms with Gasteiger partial charge in [-0.3, -0.25) is 4.98 Å². The minimum atomic E-state index is -4.40. The van der Waals surface area contributed by atoms with Crippen molar-refractivity contribution in [1.82, 2.24) is 4.98 Å². The largest absolute Gasteiger partial charge is 0.418 e. The van der Waals surface area contributed by atoms with Gasteiger partial charge < -0.3 is 4.84 Å². The Morgan fingerprint density at radius 1 is 1.53 bits per heavy atom. The van der Waals surface area contributed by atoms with Gasteiger partial charge in [-0.1, -0.05) is 6.92 Å². The quantitative estimate of drug-likeness (QED) is 0.793. The lowest BCUT2D eigenvalue weighted by molar-refractivity contribution is -0.138. The summed E-state index contributed by atoms with van der Waals surface area (Å²) in [5.74, 6) is 4.41. The molecule has 1 unspecified atom stereocenters. The number of halogens is 3. The highest BCUT2D eigenvalue weighted by Crippen LogP contribution is 2.34. The molecule has 0 fully saturated rings. The topological polar surface area (TPSA) is 48.1 Å². The maximum absolute atomic E-state index is 12.5. The summed E-state index contributed by atoms with van der Waals surface area (Å²) in [7, 11) is 0. The molecular formula is C9H11F3N2O. The van der Waals surface area contributed by atoms with Crippen molar-refractivity contribution in [3.63, 3.8) is 0 Å². The minimum Gasteiger partial charge on any atom is -0.304 e. The summed E-state index contributed by atoms with van der Waals surface area (Å²) in [5, 5.41) is 0. The lowest BCUT2D eigenvalue weighted by atomic mass is 9.98. The van der Waals surface area contributed by atoms with Crippen molar-refractivity contribution < 1.29 is 18.0 Å². The molecule has 1 aromatic heterocycles. The first-order valence-electron chi connectivity index (χ1n) is 4.29. The summed E-state index contributed by atoms with van der Waals surface area (Å²) in [4.78, 5) is 7.80. The molecule has 0 saturated heterocycles. The summed E-state index contributed by atoms with van der Waals surface area (Å²) in [5.41, 5.74) is -0.600. The zero-order valence-electron chi connectivity index (χ0n) is 8.08. The molecule has 1 heterocycles. The van der Waals surface area contributed by atoms with E-state index in [9.17, 15) is 13.2 Å². The fourth-order valence-corrected chi connectivity index (χ4v) is 1.31. The van der Waals surface area contributed by atoms with Crippen molar-refractivity contribution in [3.05, 3.63) is 29.6 Å². The van der Waals surface area contributed by atoms with E-state index in [1.807, 2.05) is 0 Å². The number of pyridine rings is 1. The molecule has 84 valence electrons. The first-order chi connectivity index (χ1) is 6.96. The standard InChI is InChI=1S/C9H11F3N2O/c1-6(5-15-13)7-2-3-14-4-8(7)9(10,11)12/h2-4,6H,5,13H2,1H3. The van der Waals surface area contributed by atoms with Gasteiger partial charge in [0.05, 0.1) is 12.2 Å². The molecule has 0 radical (unpaired) electrons. The van der Waals surface area contributed by atoms with Gasteiger partial charge in [0.2, 0.25) is 0 Å². The number of aromatic nitrogens is 1. The van der Waals surface area contributed by atoms with Crippen LogP contribution >= 0.6 is 0 Å². The summed E-state index contributed by atoms with van der Waals surface area (Å²) in [6, 6.07) is 1.33. The highest BCUT2D eigenvalue weighted by atomic mass is 19.4. The summed E-state index contributed by atoms with van der Waals surface area (Å²) >= 11 is 0. The van der Waals surface area contributed by atoms with E-state index in [0.29, 0.717) is 0 Å². The van der Waals surface area contributed by atoms with Crippen LogP contribution in [0, 0.1) is 0 Å². The number of nitrogens with zero attached hydrogens (tertiary/aromatic N) is 1. The average Bonchev–Trinajstić information content (AvgIpc) is 2.17. The Labute approximate surface area is 85.0 Å². The zero-order chi connectivity index (χ0) is 11.5. The molecule has 0 aliphatic heterocycles. The third kappa shape index (κ3) is 2.90. The predicted octanol–water partition coefficient (Wildman–Crippen LogP) is 2.09. The van der Waals surface area contributed by atoms with Crippen LogP contribution in [0.25, 0.3) is 0 Å². The van der Waals surface area contributed by atoms with Crippen molar-refractivity contribution in [3.8, 4) is 0 Å². The maximum atomic E-state index is 12.5. The summed E-state index contributed by atoms with van der Waals surface area (Å²) in [6.45, 7) is 1.64. The molecule has 0 spiro atoms. The highest BCUT2D eigenvalue weighted by molar-refractivity contribution is 5.29. The third-order valence-corrected chi connectivity index (χ3v) is 2.04. The van der Waals surface area contributed by atoms with Crippen molar-refractivity contribution in [2.24, 2.45) is 5.90 Å². The Morgan fingerprint density at radius 3 is 2.73 bits per heavy atom. The van der Waals surface area contributed by atoms with Crippen LogP contribution in [0.1, 0.15) is 24.0 Å². The molecule has 1 atom stereocenters. The van der Waals surface area contributed by atoms with Crippen molar-refractivity contribution in [1.29, 1.82) is 0 Å². The number of alkyl halides is 3. The Morgan fingerprint density at radius 2 is 2.20 bits per heavy atom. The van der Waals surface area contributed by atoms with E-state index in [4.69, 9.17) is 5.90 Å². The van der Waals surface area contributed by atoms with Gasteiger partial charge in [-0.25, -0.2) is 5.90 Å². The summed E-state index contributed by atoms with van der Waals surface area (Å²) in [6.07, 6.45) is -2.27. The van der Waals surface area contributed by atoms with E-state index in [1.54, 1.807) is 6.92 Å². The number of hydrogen-bond donors (Lipinski definition) is 1. The van der Waals surface area contributed by atoms with Crippen molar-refractivity contribution in [2.75, 3.05) is 6.61 Å².